The van der Waals surface area contributed by atoms with Crippen LogP contribution in [0.3, 0.4) is 0 Å². The minimum atomic E-state index is 0. The predicted molar refractivity (Wildman–Crippen MR) is 85.7 cm³/mol. The Bertz CT molecular complexity index is 251. The van der Waals surface area contributed by atoms with Crippen molar-refractivity contribution >= 4 is 29.9 Å². The van der Waals surface area contributed by atoms with E-state index in [4.69, 9.17) is 4.74 Å². The number of nitrogens with zero attached hydrogens (tertiary/aromatic N) is 1. The van der Waals surface area contributed by atoms with Gasteiger partial charge in [0, 0.05) is 26.7 Å². The highest BCUT2D eigenvalue weighted by molar-refractivity contribution is 14.0. The number of nitrogens with one attached hydrogen (secondary N) is 2. The lowest BCUT2D eigenvalue weighted by Crippen LogP contribution is -2.41. The van der Waals surface area contributed by atoms with Gasteiger partial charge in [0.2, 0.25) is 0 Å². The van der Waals surface area contributed by atoms with Gasteiger partial charge in [-0.15, -0.1) is 24.0 Å². The molecule has 0 radical (unpaired) electrons. The van der Waals surface area contributed by atoms with Gasteiger partial charge in [-0.1, -0.05) is 12.8 Å². The van der Waals surface area contributed by atoms with Crippen LogP contribution in [-0.4, -0.2) is 38.8 Å². The molecule has 0 aromatic carbocycles. The van der Waals surface area contributed by atoms with Crippen molar-refractivity contribution in [3.05, 3.63) is 0 Å². The Balaban J connectivity index is 0.00000162. The van der Waals surface area contributed by atoms with E-state index in [1.54, 1.807) is 0 Å². The summed E-state index contributed by atoms with van der Waals surface area (Å²) < 4.78 is 5.57. The minimum Gasteiger partial charge on any atom is -0.376 e. The van der Waals surface area contributed by atoms with E-state index < -0.39 is 0 Å². The zero-order chi connectivity index (χ0) is 11.9. The standard InChI is InChI=1S/C13H25N3O.HI/c1-14-13(15-8-2-4-11-6-7-11)16-10-12-5-3-9-17-12;/h11-12H,2-10H2,1H3,(H2,14,15,16);1H. The molecule has 1 saturated heterocycles. The van der Waals surface area contributed by atoms with E-state index in [1.807, 2.05) is 7.05 Å². The molecule has 2 aliphatic rings. The summed E-state index contributed by atoms with van der Waals surface area (Å²) in [4.78, 5) is 4.22. The maximum Gasteiger partial charge on any atom is 0.191 e. The van der Waals surface area contributed by atoms with Crippen LogP contribution < -0.4 is 10.6 Å². The Morgan fingerprint density at radius 3 is 2.72 bits per heavy atom. The number of aliphatic imine (C=N–C) groups is 1. The van der Waals surface area contributed by atoms with E-state index in [0.717, 1.165) is 31.6 Å². The third kappa shape index (κ3) is 6.22. The summed E-state index contributed by atoms with van der Waals surface area (Å²) in [5.41, 5.74) is 0. The number of rotatable bonds is 6. The molecule has 5 heteroatoms. The third-order valence-electron chi connectivity index (χ3n) is 3.52. The lowest BCUT2D eigenvalue weighted by atomic mass is 10.2. The highest BCUT2D eigenvalue weighted by Crippen LogP contribution is 2.33. The minimum absolute atomic E-state index is 0. The fraction of sp³-hybridized carbons (Fsp3) is 0.923. The molecular formula is C13H26IN3O. The molecule has 0 spiro atoms. The van der Waals surface area contributed by atoms with Gasteiger partial charge in [-0.3, -0.25) is 4.99 Å². The van der Waals surface area contributed by atoms with Gasteiger partial charge in [0.1, 0.15) is 0 Å². The van der Waals surface area contributed by atoms with Crippen LogP contribution in [0.5, 0.6) is 0 Å². The van der Waals surface area contributed by atoms with Crippen LogP contribution in [0.2, 0.25) is 0 Å². The molecular weight excluding hydrogens is 341 g/mol. The molecule has 1 aliphatic heterocycles. The topological polar surface area (TPSA) is 45.7 Å². The normalized spacial score (nSPS) is 23.6. The summed E-state index contributed by atoms with van der Waals surface area (Å²) in [5.74, 6) is 1.94. The Morgan fingerprint density at radius 1 is 1.28 bits per heavy atom. The molecule has 0 bridgehead atoms. The lowest BCUT2D eigenvalue weighted by molar-refractivity contribution is 0.114. The van der Waals surface area contributed by atoms with Crippen molar-refractivity contribution in [3.8, 4) is 0 Å². The van der Waals surface area contributed by atoms with Gasteiger partial charge in [0.05, 0.1) is 6.10 Å². The van der Waals surface area contributed by atoms with Crippen LogP contribution in [0.4, 0.5) is 0 Å². The van der Waals surface area contributed by atoms with Crippen molar-refractivity contribution < 1.29 is 4.74 Å². The van der Waals surface area contributed by atoms with Gasteiger partial charge < -0.3 is 15.4 Å². The van der Waals surface area contributed by atoms with E-state index in [9.17, 15) is 0 Å². The monoisotopic (exact) mass is 367 g/mol. The molecule has 18 heavy (non-hydrogen) atoms. The smallest absolute Gasteiger partial charge is 0.191 e. The summed E-state index contributed by atoms with van der Waals surface area (Å²) in [5, 5.41) is 6.69. The van der Waals surface area contributed by atoms with Crippen LogP contribution in [0.15, 0.2) is 4.99 Å². The van der Waals surface area contributed by atoms with E-state index in [0.29, 0.717) is 6.10 Å². The first-order chi connectivity index (χ1) is 8.38. The second-order valence-electron chi connectivity index (χ2n) is 5.10. The summed E-state index contributed by atoms with van der Waals surface area (Å²) in [6.07, 6.45) is 8.27. The quantitative estimate of drug-likeness (QED) is 0.327. The molecule has 0 amide bonds. The zero-order valence-corrected chi connectivity index (χ0v) is 13.6. The first kappa shape index (κ1) is 16.0. The highest BCUT2D eigenvalue weighted by atomic mass is 127. The van der Waals surface area contributed by atoms with Gasteiger partial charge in [-0.25, -0.2) is 0 Å². The molecule has 4 nitrogen and oxygen atoms in total. The molecule has 1 unspecified atom stereocenters. The van der Waals surface area contributed by atoms with E-state index >= 15 is 0 Å². The largest absolute Gasteiger partial charge is 0.376 e. The zero-order valence-electron chi connectivity index (χ0n) is 11.3. The van der Waals surface area contributed by atoms with Crippen molar-refractivity contribution in [2.45, 2.75) is 44.6 Å². The fourth-order valence-corrected chi connectivity index (χ4v) is 2.24. The van der Waals surface area contributed by atoms with E-state index in [1.165, 1.54) is 38.5 Å². The van der Waals surface area contributed by atoms with Crippen LogP contribution in [0, 0.1) is 5.92 Å². The third-order valence-corrected chi connectivity index (χ3v) is 3.52. The number of hydrogen-bond donors (Lipinski definition) is 2. The Labute approximate surface area is 127 Å². The summed E-state index contributed by atoms with van der Waals surface area (Å²) in [6.45, 7) is 2.82. The summed E-state index contributed by atoms with van der Waals surface area (Å²) in [6, 6.07) is 0. The number of halogens is 1. The average Bonchev–Trinajstić information content (AvgIpc) is 3.02. The summed E-state index contributed by atoms with van der Waals surface area (Å²) in [7, 11) is 1.83. The number of hydrogen-bond acceptors (Lipinski definition) is 2. The highest BCUT2D eigenvalue weighted by Gasteiger charge is 2.20. The average molecular weight is 367 g/mol. The van der Waals surface area contributed by atoms with Crippen LogP contribution >= 0.6 is 24.0 Å². The molecule has 2 N–H and O–H groups in total. The van der Waals surface area contributed by atoms with Crippen LogP contribution in [0.1, 0.15) is 38.5 Å². The van der Waals surface area contributed by atoms with Crippen molar-refractivity contribution in [3.63, 3.8) is 0 Å². The van der Waals surface area contributed by atoms with Gasteiger partial charge in [-0.2, -0.15) is 0 Å². The van der Waals surface area contributed by atoms with Crippen LogP contribution in [-0.2, 0) is 4.74 Å². The molecule has 0 aromatic heterocycles. The van der Waals surface area contributed by atoms with Gasteiger partial charge in [0.25, 0.3) is 0 Å². The fourth-order valence-electron chi connectivity index (χ4n) is 2.24. The SMILES string of the molecule is CN=C(NCCCC1CC1)NCC1CCCO1.I. The lowest BCUT2D eigenvalue weighted by Gasteiger charge is -2.14. The first-order valence-corrected chi connectivity index (χ1v) is 6.94. The molecule has 106 valence electrons. The second kappa shape index (κ2) is 8.96. The molecule has 2 rings (SSSR count). The van der Waals surface area contributed by atoms with Crippen LogP contribution in [0.25, 0.3) is 0 Å². The molecule has 1 heterocycles. The van der Waals surface area contributed by atoms with Crippen molar-refractivity contribution in [2.24, 2.45) is 10.9 Å². The molecule has 1 aliphatic carbocycles. The van der Waals surface area contributed by atoms with Crippen molar-refractivity contribution in [2.75, 3.05) is 26.7 Å². The van der Waals surface area contributed by atoms with Crippen molar-refractivity contribution in [1.29, 1.82) is 0 Å². The Hall–Kier alpha value is -0.0400. The number of guanidine groups is 1. The van der Waals surface area contributed by atoms with Gasteiger partial charge in [-0.05, 0) is 31.6 Å². The molecule has 0 aromatic rings. The van der Waals surface area contributed by atoms with Gasteiger partial charge in [0.15, 0.2) is 5.96 Å². The maximum atomic E-state index is 5.57. The van der Waals surface area contributed by atoms with Gasteiger partial charge >= 0.3 is 0 Å². The molecule has 2 fully saturated rings. The first-order valence-electron chi connectivity index (χ1n) is 6.94. The second-order valence-corrected chi connectivity index (χ2v) is 5.10. The van der Waals surface area contributed by atoms with E-state index in [2.05, 4.69) is 15.6 Å². The van der Waals surface area contributed by atoms with E-state index in [-0.39, 0.29) is 24.0 Å². The molecule has 1 saturated carbocycles. The van der Waals surface area contributed by atoms with Crippen molar-refractivity contribution in [1.82, 2.24) is 10.6 Å². The maximum absolute atomic E-state index is 5.57. The molecule has 1 atom stereocenters. The Morgan fingerprint density at radius 2 is 2.11 bits per heavy atom. The summed E-state index contributed by atoms with van der Waals surface area (Å²) >= 11 is 0. The number of ether oxygens (including phenoxy) is 1. The Kier molecular flexibility index (Phi) is 7.97. The predicted octanol–water partition coefficient (Wildman–Crippen LogP) is 2.14.